The smallest absolute Gasteiger partial charge is 0.166 e. The van der Waals surface area contributed by atoms with Crippen LogP contribution in [0.5, 0.6) is 0 Å². The van der Waals surface area contributed by atoms with Crippen LogP contribution in [0.25, 0.3) is 10.2 Å². The molecular weight excluding hydrogens is 244 g/mol. The number of ether oxygens (including phenoxy) is 2. The lowest BCUT2D eigenvalue weighted by Gasteiger charge is -2.12. The van der Waals surface area contributed by atoms with Gasteiger partial charge in [0.2, 0.25) is 0 Å². The van der Waals surface area contributed by atoms with E-state index in [1.165, 1.54) is 0 Å². The van der Waals surface area contributed by atoms with Gasteiger partial charge in [-0.1, -0.05) is 11.8 Å². The van der Waals surface area contributed by atoms with Crippen LogP contribution in [0.15, 0.2) is 22.8 Å². The topological polar surface area (TPSA) is 44.2 Å². The molecule has 0 bridgehead atoms. The van der Waals surface area contributed by atoms with Crippen LogP contribution in [0.4, 0.5) is 0 Å². The number of hydrogen-bond acceptors (Lipinski definition) is 6. The van der Waals surface area contributed by atoms with Crippen molar-refractivity contribution in [1.82, 2.24) is 9.97 Å². The molecule has 4 nitrogen and oxygen atoms in total. The molecule has 0 saturated carbocycles. The molecule has 0 amide bonds. The van der Waals surface area contributed by atoms with Crippen LogP contribution >= 0.6 is 23.1 Å². The number of nitrogens with zero attached hydrogens (tertiary/aromatic N) is 2. The fraction of sp³-hybridized carbons (Fsp3) is 0.400. The van der Waals surface area contributed by atoms with E-state index in [4.69, 9.17) is 9.47 Å². The largest absolute Gasteiger partial charge is 0.355 e. The molecule has 0 aromatic carbocycles. The molecule has 2 aromatic heterocycles. The summed E-state index contributed by atoms with van der Waals surface area (Å²) in [6, 6.07) is 2.00. The number of thiophene rings is 1. The molecule has 0 radical (unpaired) electrons. The lowest BCUT2D eigenvalue weighted by atomic mass is 10.5. The Morgan fingerprint density at radius 2 is 2.19 bits per heavy atom. The van der Waals surface area contributed by atoms with Gasteiger partial charge in [0, 0.05) is 14.2 Å². The summed E-state index contributed by atoms with van der Waals surface area (Å²) in [4.78, 5) is 8.46. The second-order valence-corrected chi connectivity index (χ2v) is 4.95. The van der Waals surface area contributed by atoms with E-state index in [-0.39, 0.29) is 6.29 Å². The molecule has 16 heavy (non-hydrogen) atoms. The predicted molar refractivity (Wildman–Crippen MR) is 65.9 cm³/mol. The fourth-order valence-corrected chi connectivity index (χ4v) is 3.22. The number of hydrogen-bond donors (Lipinski definition) is 0. The van der Waals surface area contributed by atoms with E-state index in [2.05, 4.69) is 9.97 Å². The van der Waals surface area contributed by atoms with Gasteiger partial charge in [0.25, 0.3) is 0 Å². The van der Waals surface area contributed by atoms with Gasteiger partial charge < -0.3 is 9.47 Å². The summed E-state index contributed by atoms with van der Waals surface area (Å²) in [6.07, 6.45) is 1.39. The van der Waals surface area contributed by atoms with E-state index in [0.717, 1.165) is 21.0 Å². The zero-order valence-corrected chi connectivity index (χ0v) is 10.7. The first-order valence-electron chi connectivity index (χ1n) is 4.71. The fourth-order valence-electron chi connectivity index (χ4n) is 1.25. The summed E-state index contributed by atoms with van der Waals surface area (Å²) in [5.74, 6) is 0.719. The molecule has 0 atom stereocenters. The predicted octanol–water partition coefficient (Wildman–Crippen LogP) is 2.40. The van der Waals surface area contributed by atoms with Crippen molar-refractivity contribution in [1.29, 1.82) is 0 Å². The van der Waals surface area contributed by atoms with Crippen LogP contribution in [0, 0.1) is 0 Å². The van der Waals surface area contributed by atoms with Gasteiger partial charge in [-0.2, -0.15) is 0 Å². The van der Waals surface area contributed by atoms with E-state index in [0.29, 0.717) is 0 Å². The third kappa shape index (κ3) is 2.52. The lowest BCUT2D eigenvalue weighted by Crippen LogP contribution is -2.15. The van der Waals surface area contributed by atoms with Crippen molar-refractivity contribution < 1.29 is 9.47 Å². The highest BCUT2D eigenvalue weighted by Crippen LogP contribution is 2.29. The number of aromatic nitrogens is 2. The molecule has 0 spiro atoms. The van der Waals surface area contributed by atoms with Gasteiger partial charge in [0.1, 0.15) is 11.4 Å². The molecule has 0 saturated heterocycles. The van der Waals surface area contributed by atoms with Crippen molar-refractivity contribution in [2.45, 2.75) is 11.3 Å². The number of methoxy groups -OCH3 is 2. The van der Waals surface area contributed by atoms with Crippen molar-refractivity contribution in [2.75, 3.05) is 20.0 Å². The molecule has 0 aliphatic heterocycles. The molecule has 2 aromatic rings. The molecule has 0 fully saturated rings. The Hall–Kier alpha value is -0.690. The Balaban J connectivity index is 2.11. The lowest BCUT2D eigenvalue weighted by molar-refractivity contribution is -0.0842. The summed E-state index contributed by atoms with van der Waals surface area (Å²) in [5.41, 5.74) is 0.994. The zero-order chi connectivity index (χ0) is 11.4. The average Bonchev–Trinajstić information content (AvgIpc) is 2.79. The van der Waals surface area contributed by atoms with Crippen LogP contribution in [-0.4, -0.2) is 36.2 Å². The molecule has 0 unspecified atom stereocenters. The zero-order valence-electron chi connectivity index (χ0n) is 9.04. The molecule has 6 heteroatoms. The normalized spacial score (nSPS) is 11.4. The minimum absolute atomic E-state index is 0.199. The third-order valence-corrected chi connectivity index (χ3v) is 4.15. The maximum absolute atomic E-state index is 5.13. The summed E-state index contributed by atoms with van der Waals surface area (Å²) < 4.78 is 11.4. The molecule has 2 rings (SSSR count). The van der Waals surface area contributed by atoms with Crippen LogP contribution < -0.4 is 0 Å². The SMILES string of the molecule is COC(CSc1ncnc2ccsc12)OC. The van der Waals surface area contributed by atoms with Crippen LogP contribution in [-0.2, 0) is 9.47 Å². The van der Waals surface area contributed by atoms with Crippen LogP contribution in [0.3, 0.4) is 0 Å². The maximum atomic E-state index is 5.13. The molecule has 2 heterocycles. The van der Waals surface area contributed by atoms with Crippen molar-refractivity contribution in [3.63, 3.8) is 0 Å². The van der Waals surface area contributed by atoms with Crippen molar-refractivity contribution in [2.24, 2.45) is 0 Å². The van der Waals surface area contributed by atoms with Gasteiger partial charge in [-0.25, -0.2) is 9.97 Å². The van der Waals surface area contributed by atoms with Gasteiger partial charge in [-0.15, -0.1) is 11.3 Å². The second kappa shape index (κ2) is 5.58. The highest BCUT2D eigenvalue weighted by Gasteiger charge is 2.10. The Kier molecular flexibility index (Phi) is 4.11. The minimum Gasteiger partial charge on any atom is -0.355 e. The molecule has 0 N–H and O–H groups in total. The average molecular weight is 256 g/mol. The Morgan fingerprint density at radius 1 is 1.38 bits per heavy atom. The highest BCUT2D eigenvalue weighted by atomic mass is 32.2. The first-order chi connectivity index (χ1) is 7.85. The second-order valence-electron chi connectivity index (χ2n) is 3.03. The van der Waals surface area contributed by atoms with Crippen LogP contribution in [0.1, 0.15) is 0 Å². The Bertz CT molecular complexity index is 457. The first kappa shape index (κ1) is 11.8. The molecule has 0 aliphatic carbocycles. The number of thioether (sulfide) groups is 1. The summed E-state index contributed by atoms with van der Waals surface area (Å²) >= 11 is 3.27. The van der Waals surface area contributed by atoms with Crippen molar-refractivity contribution in [3.05, 3.63) is 17.8 Å². The number of rotatable bonds is 5. The maximum Gasteiger partial charge on any atom is 0.166 e. The Morgan fingerprint density at radius 3 is 2.94 bits per heavy atom. The minimum atomic E-state index is -0.199. The summed E-state index contributed by atoms with van der Waals surface area (Å²) in [6.45, 7) is 0. The van der Waals surface area contributed by atoms with E-state index < -0.39 is 0 Å². The van der Waals surface area contributed by atoms with Crippen molar-refractivity contribution >= 4 is 33.3 Å². The first-order valence-corrected chi connectivity index (χ1v) is 6.58. The highest BCUT2D eigenvalue weighted by molar-refractivity contribution is 7.99. The number of fused-ring (bicyclic) bond motifs is 1. The summed E-state index contributed by atoms with van der Waals surface area (Å²) in [7, 11) is 3.27. The van der Waals surface area contributed by atoms with Gasteiger partial charge in [-0.3, -0.25) is 0 Å². The third-order valence-electron chi connectivity index (χ3n) is 2.09. The van der Waals surface area contributed by atoms with E-state index >= 15 is 0 Å². The van der Waals surface area contributed by atoms with Gasteiger partial charge in [-0.05, 0) is 11.4 Å². The standard InChI is InChI=1S/C10H12N2O2S2/c1-13-8(14-2)5-16-10-9-7(3-4-15-9)11-6-12-10/h3-4,6,8H,5H2,1-2H3. The van der Waals surface area contributed by atoms with Crippen LogP contribution in [0.2, 0.25) is 0 Å². The molecule has 86 valence electrons. The van der Waals surface area contributed by atoms with E-state index in [9.17, 15) is 0 Å². The molecular formula is C10H12N2O2S2. The van der Waals surface area contributed by atoms with E-state index in [1.807, 2.05) is 11.4 Å². The van der Waals surface area contributed by atoms with E-state index in [1.54, 1.807) is 43.6 Å². The monoisotopic (exact) mass is 256 g/mol. The van der Waals surface area contributed by atoms with Gasteiger partial charge in [0.15, 0.2) is 6.29 Å². The van der Waals surface area contributed by atoms with Crippen molar-refractivity contribution in [3.8, 4) is 0 Å². The van der Waals surface area contributed by atoms with Gasteiger partial charge >= 0.3 is 0 Å². The Labute approximate surface area is 102 Å². The quantitative estimate of drug-likeness (QED) is 0.467. The summed E-state index contributed by atoms with van der Waals surface area (Å²) in [5, 5.41) is 3.01. The molecule has 0 aliphatic rings. The van der Waals surface area contributed by atoms with Gasteiger partial charge in [0.05, 0.1) is 16.0 Å².